The maximum atomic E-state index is 13.1. The Hall–Kier alpha value is -3.93. The van der Waals surface area contributed by atoms with Gasteiger partial charge in [0.1, 0.15) is 0 Å². The summed E-state index contributed by atoms with van der Waals surface area (Å²) in [6, 6.07) is 18.7. The van der Waals surface area contributed by atoms with Gasteiger partial charge in [-0.05, 0) is 55.7 Å². The molecule has 6 heteroatoms. The van der Waals surface area contributed by atoms with Gasteiger partial charge in [0.2, 0.25) is 5.82 Å². The topological polar surface area (TPSA) is 75.5 Å². The van der Waals surface area contributed by atoms with Gasteiger partial charge < -0.3 is 10.6 Å². The van der Waals surface area contributed by atoms with E-state index < -0.39 is 0 Å². The number of aromatic nitrogens is 2. The molecule has 150 valence electrons. The van der Waals surface area contributed by atoms with E-state index in [4.69, 9.17) is 0 Å². The second kappa shape index (κ2) is 7.83. The Balaban J connectivity index is 1.71. The summed E-state index contributed by atoms with van der Waals surface area (Å²) in [5.74, 6) is -0.578. The lowest BCUT2D eigenvalue weighted by atomic mass is 10.1. The van der Waals surface area contributed by atoms with Crippen LogP contribution >= 0.6 is 0 Å². The number of nitrogens with one attached hydrogen (secondary N) is 2. The fourth-order valence-electron chi connectivity index (χ4n) is 3.44. The predicted molar refractivity (Wildman–Crippen MR) is 118 cm³/mol. The standard InChI is InChI=1S/C24H22N4O2/c1-15-9-4-5-12-18(15)25-23(29)21-19-13-6-7-14-28(19)22(26-21)24(30)27-20-16(2)10-8-11-17(20)3/h4-14H,1-3H3,(H,25,29)(H,27,30). The van der Waals surface area contributed by atoms with Crippen LogP contribution in [0.3, 0.4) is 0 Å². The highest BCUT2D eigenvalue weighted by Gasteiger charge is 2.22. The molecule has 0 aliphatic rings. The third-order valence-corrected chi connectivity index (χ3v) is 5.08. The zero-order valence-corrected chi connectivity index (χ0v) is 17.1. The minimum absolute atomic E-state index is 0.156. The number of pyridine rings is 1. The lowest BCUT2D eigenvalue weighted by molar-refractivity contribution is 0.101. The van der Waals surface area contributed by atoms with Gasteiger partial charge >= 0.3 is 0 Å². The van der Waals surface area contributed by atoms with Gasteiger partial charge in [-0.15, -0.1) is 0 Å². The third kappa shape index (κ3) is 3.55. The molecule has 4 aromatic rings. The van der Waals surface area contributed by atoms with E-state index in [9.17, 15) is 9.59 Å². The van der Waals surface area contributed by atoms with Crippen molar-refractivity contribution in [2.75, 3.05) is 10.6 Å². The first-order chi connectivity index (χ1) is 14.5. The molecule has 0 fully saturated rings. The number of carbonyl (C=O) groups is 2. The molecular formula is C24H22N4O2. The molecule has 0 aliphatic carbocycles. The summed E-state index contributed by atoms with van der Waals surface area (Å²) in [7, 11) is 0. The van der Waals surface area contributed by atoms with Crippen LogP contribution in [-0.4, -0.2) is 21.2 Å². The van der Waals surface area contributed by atoms with E-state index >= 15 is 0 Å². The lowest BCUT2D eigenvalue weighted by Gasteiger charge is -2.10. The highest BCUT2D eigenvalue weighted by Crippen LogP contribution is 2.22. The van der Waals surface area contributed by atoms with Crippen molar-refractivity contribution in [1.82, 2.24) is 9.38 Å². The van der Waals surface area contributed by atoms with E-state index in [2.05, 4.69) is 15.6 Å². The van der Waals surface area contributed by atoms with Crippen molar-refractivity contribution in [3.8, 4) is 0 Å². The second-order valence-electron chi connectivity index (χ2n) is 7.23. The Kier molecular flexibility index (Phi) is 5.06. The smallest absolute Gasteiger partial charge is 0.292 e. The van der Waals surface area contributed by atoms with Gasteiger partial charge in [0.05, 0.1) is 5.52 Å². The first-order valence-electron chi connectivity index (χ1n) is 9.67. The van der Waals surface area contributed by atoms with Crippen molar-refractivity contribution in [2.45, 2.75) is 20.8 Å². The molecule has 4 rings (SSSR count). The number of nitrogens with zero attached hydrogens (tertiary/aromatic N) is 2. The molecule has 2 aromatic heterocycles. The number of aryl methyl sites for hydroxylation is 3. The number of hydrogen-bond donors (Lipinski definition) is 2. The quantitative estimate of drug-likeness (QED) is 0.520. The third-order valence-electron chi connectivity index (χ3n) is 5.08. The maximum Gasteiger partial charge on any atom is 0.292 e. The van der Waals surface area contributed by atoms with Crippen LogP contribution in [0.2, 0.25) is 0 Å². The minimum Gasteiger partial charge on any atom is -0.320 e. The molecule has 2 heterocycles. The van der Waals surface area contributed by atoms with E-state index in [0.29, 0.717) is 11.2 Å². The number of rotatable bonds is 4. The zero-order valence-electron chi connectivity index (χ0n) is 17.1. The number of hydrogen-bond acceptors (Lipinski definition) is 3. The van der Waals surface area contributed by atoms with Gasteiger partial charge in [0, 0.05) is 17.6 Å². The second-order valence-corrected chi connectivity index (χ2v) is 7.23. The van der Waals surface area contributed by atoms with Crippen molar-refractivity contribution in [3.05, 3.63) is 95.1 Å². The minimum atomic E-state index is -0.372. The van der Waals surface area contributed by atoms with Crippen LogP contribution in [0, 0.1) is 20.8 Å². The molecule has 0 atom stereocenters. The van der Waals surface area contributed by atoms with Crippen molar-refractivity contribution in [2.24, 2.45) is 0 Å². The Morgan fingerprint density at radius 3 is 2.17 bits per heavy atom. The number of anilines is 2. The monoisotopic (exact) mass is 398 g/mol. The van der Waals surface area contributed by atoms with Crippen LogP contribution in [0.25, 0.3) is 5.52 Å². The highest BCUT2D eigenvalue weighted by atomic mass is 16.2. The Morgan fingerprint density at radius 2 is 1.43 bits per heavy atom. The number of carbonyl (C=O) groups excluding carboxylic acids is 2. The summed E-state index contributed by atoms with van der Waals surface area (Å²) in [5.41, 5.74) is 5.09. The van der Waals surface area contributed by atoms with Crippen LogP contribution in [0.1, 0.15) is 37.8 Å². The van der Waals surface area contributed by atoms with Gasteiger partial charge in [-0.2, -0.15) is 0 Å². The number of benzene rings is 2. The van der Waals surface area contributed by atoms with Gasteiger partial charge in [0.25, 0.3) is 11.8 Å². The van der Waals surface area contributed by atoms with Gasteiger partial charge in [-0.1, -0.05) is 42.5 Å². The summed E-state index contributed by atoms with van der Waals surface area (Å²) >= 11 is 0. The predicted octanol–water partition coefficient (Wildman–Crippen LogP) is 4.76. The van der Waals surface area contributed by atoms with Gasteiger partial charge in [-0.25, -0.2) is 4.98 Å². The Bertz CT molecular complexity index is 1250. The van der Waals surface area contributed by atoms with E-state index in [1.165, 1.54) is 0 Å². The maximum absolute atomic E-state index is 13.1. The van der Waals surface area contributed by atoms with Crippen molar-refractivity contribution in [1.29, 1.82) is 0 Å². The number of amides is 2. The number of fused-ring (bicyclic) bond motifs is 1. The van der Waals surface area contributed by atoms with E-state index in [1.807, 2.05) is 69.3 Å². The molecule has 0 radical (unpaired) electrons. The lowest BCUT2D eigenvalue weighted by Crippen LogP contribution is -2.17. The number of para-hydroxylation sites is 2. The first-order valence-corrected chi connectivity index (χ1v) is 9.67. The van der Waals surface area contributed by atoms with Crippen LogP contribution in [-0.2, 0) is 0 Å². The Morgan fingerprint density at radius 1 is 0.767 bits per heavy atom. The highest BCUT2D eigenvalue weighted by molar-refractivity contribution is 6.10. The van der Waals surface area contributed by atoms with Crippen LogP contribution in [0.5, 0.6) is 0 Å². The van der Waals surface area contributed by atoms with Gasteiger partial charge in [-0.3, -0.25) is 14.0 Å². The average Bonchev–Trinajstić information content (AvgIpc) is 3.12. The first kappa shape index (κ1) is 19.4. The fraction of sp³-hybridized carbons (Fsp3) is 0.125. The fourth-order valence-corrected chi connectivity index (χ4v) is 3.44. The molecule has 0 bridgehead atoms. The van der Waals surface area contributed by atoms with Gasteiger partial charge in [0.15, 0.2) is 5.69 Å². The number of imidazole rings is 1. The molecule has 2 aromatic carbocycles. The summed E-state index contributed by atoms with van der Waals surface area (Å²) in [4.78, 5) is 30.4. The average molecular weight is 398 g/mol. The molecule has 6 nitrogen and oxygen atoms in total. The summed E-state index contributed by atoms with van der Waals surface area (Å²) in [5, 5.41) is 5.84. The van der Waals surface area contributed by atoms with Crippen LogP contribution in [0.4, 0.5) is 11.4 Å². The normalized spacial score (nSPS) is 10.8. The molecule has 0 saturated carbocycles. The molecular weight excluding hydrogens is 376 g/mol. The summed E-state index contributed by atoms with van der Waals surface area (Å²) in [6.45, 7) is 5.80. The molecule has 2 amide bonds. The SMILES string of the molecule is Cc1ccccc1NC(=O)c1nc(C(=O)Nc2c(C)cccc2C)n2ccccc12. The Labute approximate surface area is 174 Å². The molecule has 0 saturated heterocycles. The van der Waals surface area contributed by atoms with E-state index in [1.54, 1.807) is 22.7 Å². The summed E-state index contributed by atoms with van der Waals surface area (Å²) < 4.78 is 1.63. The summed E-state index contributed by atoms with van der Waals surface area (Å²) in [6.07, 6.45) is 1.73. The molecule has 30 heavy (non-hydrogen) atoms. The largest absolute Gasteiger partial charge is 0.320 e. The van der Waals surface area contributed by atoms with Crippen molar-refractivity contribution < 1.29 is 9.59 Å². The molecule has 0 aliphatic heterocycles. The van der Waals surface area contributed by atoms with Crippen LogP contribution in [0.15, 0.2) is 66.9 Å². The van der Waals surface area contributed by atoms with E-state index in [0.717, 1.165) is 22.4 Å². The van der Waals surface area contributed by atoms with Crippen LogP contribution < -0.4 is 10.6 Å². The van der Waals surface area contributed by atoms with Crippen molar-refractivity contribution in [3.63, 3.8) is 0 Å². The zero-order chi connectivity index (χ0) is 21.3. The van der Waals surface area contributed by atoms with Crippen molar-refractivity contribution >= 4 is 28.7 Å². The molecule has 0 spiro atoms. The van der Waals surface area contributed by atoms with E-state index in [-0.39, 0.29) is 23.3 Å². The molecule has 2 N–H and O–H groups in total. The molecule has 0 unspecified atom stereocenters.